The molecule has 0 radical (unpaired) electrons. The van der Waals surface area contributed by atoms with E-state index in [1.54, 1.807) is 0 Å². The van der Waals surface area contributed by atoms with Crippen LogP contribution in [0.4, 0.5) is 0 Å². The maximum absolute atomic E-state index is 5.64. The van der Waals surface area contributed by atoms with E-state index in [4.69, 9.17) is 4.74 Å². The van der Waals surface area contributed by atoms with E-state index in [-0.39, 0.29) is 0 Å². The van der Waals surface area contributed by atoms with Crippen LogP contribution < -0.4 is 5.32 Å². The van der Waals surface area contributed by atoms with Crippen molar-refractivity contribution in [2.45, 2.75) is 52.4 Å². The first-order chi connectivity index (χ1) is 10.5. The van der Waals surface area contributed by atoms with Gasteiger partial charge in [-0.25, -0.2) is 0 Å². The van der Waals surface area contributed by atoms with E-state index in [0.717, 1.165) is 44.7 Å². The fourth-order valence-corrected chi connectivity index (χ4v) is 4.58. The van der Waals surface area contributed by atoms with Gasteiger partial charge in [0.15, 0.2) is 5.96 Å². The summed E-state index contributed by atoms with van der Waals surface area (Å²) in [5.41, 5.74) is 0.763. The molecule has 2 aliphatic heterocycles. The average Bonchev–Trinajstić information content (AvgIpc) is 3.24. The fraction of sp³-hybridized carbons (Fsp3) is 0.944. The lowest BCUT2D eigenvalue weighted by atomic mass is 9.78. The first-order valence-corrected chi connectivity index (χ1v) is 9.08. The van der Waals surface area contributed by atoms with Crippen LogP contribution >= 0.6 is 0 Å². The Bertz CT molecular complexity index is 407. The maximum Gasteiger partial charge on any atom is 0.193 e. The molecule has 2 heterocycles. The molecule has 0 aromatic carbocycles. The first-order valence-electron chi connectivity index (χ1n) is 9.08. The summed E-state index contributed by atoms with van der Waals surface area (Å²) in [7, 11) is 1.92. The molecule has 1 unspecified atom stereocenters. The van der Waals surface area contributed by atoms with Crippen LogP contribution in [0.1, 0.15) is 52.4 Å². The Morgan fingerprint density at radius 1 is 1.32 bits per heavy atom. The van der Waals surface area contributed by atoms with E-state index >= 15 is 0 Å². The zero-order valence-electron chi connectivity index (χ0n) is 14.7. The van der Waals surface area contributed by atoms with Gasteiger partial charge in [0.05, 0.1) is 6.61 Å². The molecule has 4 nitrogen and oxygen atoms in total. The molecule has 1 aliphatic carbocycles. The summed E-state index contributed by atoms with van der Waals surface area (Å²) in [6, 6.07) is 0. The summed E-state index contributed by atoms with van der Waals surface area (Å²) in [6.45, 7) is 9.97. The minimum absolute atomic E-state index is 0.361. The normalized spacial score (nSPS) is 30.7. The summed E-state index contributed by atoms with van der Waals surface area (Å²) in [5, 5.41) is 3.67. The van der Waals surface area contributed by atoms with E-state index in [2.05, 4.69) is 29.1 Å². The van der Waals surface area contributed by atoms with E-state index in [9.17, 15) is 0 Å². The fourth-order valence-electron chi connectivity index (χ4n) is 4.58. The predicted molar refractivity (Wildman–Crippen MR) is 91.2 cm³/mol. The van der Waals surface area contributed by atoms with Gasteiger partial charge in [-0.1, -0.05) is 26.7 Å². The van der Waals surface area contributed by atoms with Crippen molar-refractivity contribution in [3.8, 4) is 0 Å². The van der Waals surface area contributed by atoms with Crippen molar-refractivity contribution < 1.29 is 4.74 Å². The number of nitrogens with zero attached hydrogens (tertiary/aromatic N) is 2. The van der Waals surface area contributed by atoms with E-state index in [0.29, 0.717) is 10.8 Å². The highest BCUT2D eigenvalue weighted by molar-refractivity contribution is 5.80. The highest BCUT2D eigenvalue weighted by Crippen LogP contribution is 2.40. The topological polar surface area (TPSA) is 36.9 Å². The molecule has 3 aliphatic rings. The van der Waals surface area contributed by atoms with Gasteiger partial charge in [-0.05, 0) is 37.0 Å². The first kappa shape index (κ1) is 16.1. The molecule has 2 saturated heterocycles. The van der Waals surface area contributed by atoms with Crippen LogP contribution in [0.5, 0.6) is 0 Å². The molecule has 22 heavy (non-hydrogen) atoms. The molecule has 3 rings (SSSR count). The van der Waals surface area contributed by atoms with Crippen LogP contribution in [-0.4, -0.2) is 50.8 Å². The summed E-state index contributed by atoms with van der Waals surface area (Å²) in [5.74, 6) is 1.96. The van der Waals surface area contributed by atoms with Crippen LogP contribution in [0.3, 0.4) is 0 Å². The number of ether oxygens (including phenoxy) is 1. The number of hydrogen-bond donors (Lipinski definition) is 1. The van der Waals surface area contributed by atoms with Crippen molar-refractivity contribution in [1.82, 2.24) is 10.2 Å². The molecule has 0 aromatic heterocycles. The monoisotopic (exact) mass is 307 g/mol. The summed E-state index contributed by atoms with van der Waals surface area (Å²) in [4.78, 5) is 6.99. The molecule has 1 spiro atoms. The third-order valence-corrected chi connectivity index (χ3v) is 6.30. The minimum Gasteiger partial charge on any atom is -0.381 e. The van der Waals surface area contributed by atoms with E-state index in [1.165, 1.54) is 38.5 Å². The lowest BCUT2D eigenvalue weighted by Crippen LogP contribution is -2.46. The lowest BCUT2D eigenvalue weighted by molar-refractivity contribution is 0.156. The third kappa shape index (κ3) is 3.27. The van der Waals surface area contributed by atoms with Crippen molar-refractivity contribution in [3.63, 3.8) is 0 Å². The second kappa shape index (κ2) is 6.38. The Morgan fingerprint density at radius 2 is 2.09 bits per heavy atom. The van der Waals surface area contributed by atoms with Gasteiger partial charge in [0.1, 0.15) is 0 Å². The van der Waals surface area contributed by atoms with Crippen molar-refractivity contribution in [1.29, 1.82) is 0 Å². The van der Waals surface area contributed by atoms with Gasteiger partial charge in [-0.2, -0.15) is 0 Å². The third-order valence-electron chi connectivity index (χ3n) is 6.30. The molecular formula is C18H33N3O. The average molecular weight is 307 g/mol. The van der Waals surface area contributed by atoms with Crippen LogP contribution in [0, 0.1) is 16.7 Å². The maximum atomic E-state index is 5.64. The number of guanidine groups is 1. The van der Waals surface area contributed by atoms with Crippen LogP contribution in [0.15, 0.2) is 4.99 Å². The van der Waals surface area contributed by atoms with Crippen molar-refractivity contribution in [2.75, 3.05) is 39.9 Å². The van der Waals surface area contributed by atoms with Gasteiger partial charge in [0, 0.05) is 38.7 Å². The van der Waals surface area contributed by atoms with Gasteiger partial charge >= 0.3 is 0 Å². The molecule has 0 aromatic rings. The standard InChI is InChI=1S/C18H33N3O/c1-17(2,15-6-4-5-7-15)12-20-16(19-3)21-10-8-18(13-21)9-11-22-14-18/h15H,4-14H2,1-3H3,(H,19,20). The number of aliphatic imine (C=N–C) groups is 1. The largest absolute Gasteiger partial charge is 0.381 e. The van der Waals surface area contributed by atoms with Gasteiger partial charge in [-0.3, -0.25) is 4.99 Å². The second-order valence-electron chi connectivity index (χ2n) is 8.34. The Balaban J connectivity index is 1.54. The highest BCUT2D eigenvalue weighted by atomic mass is 16.5. The van der Waals surface area contributed by atoms with Crippen LogP contribution in [0.2, 0.25) is 0 Å². The number of likely N-dealkylation sites (tertiary alicyclic amines) is 1. The molecule has 0 bridgehead atoms. The Kier molecular flexibility index (Phi) is 4.67. The lowest BCUT2D eigenvalue weighted by Gasteiger charge is -2.34. The van der Waals surface area contributed by atoms with E-state index in [1.807, 2.05) is 7.05 Å². The smallest absolute Gasteiger partial charge is 0.193 e. The Hall–Kier alpha value is -0.770. The van der Waals surface area contributed by atoms with Crippen LogP contribution in [0.25, 0.3) is 0 Å². The quantitative estimate of drug-likeness (QED) is 0.643. The zero-order chi connectivity index (χ0) is 15.6. The van der Waals surface area contributed by atoms with Gasteiger partial charge in [0.25, 0.3) is 0 Å². The molecule has 3 fully saturated rings. The number of rotatable bonds is 3. The van der Waals surface area contributed by atoms with Gasteiger partial charge in [0.2, 0.25) is 0 Å². The molecule has 4 heteroatoms. The predicted octanol–water partition coefficient (Wildman–Crippen LogP) is 2.89. The van der Waals surface area contributed by atoms with Gasteiger partial charge in [-0.15, -0.1) is 0 Å². The molecule has 1 atom stereocenters. The molecule has 126 valence electrons. The second-order valence-corrected chi connectivity index (χ2v) is 8.34. The molecule has 1 saturated carbocycles. The number of hydrogen-bond acceptors (Lipinski definition) is 2. The number of nitrogens with one attached hydrogen (secondary N) is 1. The summed E-state index contributed by atoms with van der Waals surface area (Å²) >= 11 is 0. The molecule has 0 amide bonds. The molecular weight excluding hydrogens is 274 g/mol. The molecule has 1 N–H and O–H groups in total. The van der Waals surface area contributed by atoms with E-state index < -0.39 is 0 Å². The Morgan fingerprint density at radius 3 is 2.73 bits per heavy atom. The summed E-state index contributed by atoms with van der Waals surface area (Å²) in [6.07, 6.45) is 8.09. The Labute approximate surface area is 135 Å². The van der Waals surface area contributed by atoms with Crippen LogP contribution in [-0.2, 0) is 4.74 Å². The van der Waals surface area contributed by atoms with Crippen molar-refractivity contribution >= 4 is 5.96 Å². The van der Waals surface area contributed by atoms with Gasteiger partial charge < -0.3 is 15.0 Å². The van der Waals surface area contributed by atoms with Crippen molar-refractivity contribution in [3.05, 3.63) is 0 Å². The highest BCUT2D eigenvalue weighted by Gasteiger charge is 2.42. The minimum atomic E-state index is 0.361. The zero-order valence-corrected chi connectivity index (χ0v) is 14.7. The van der Waals surface area contributed by atoms with Crippen molar-refractivity contribution in [2.24, 2.45) is 21.7 Å². The SMILES string of the molecule is CN=C(NCC(C)(C)C1CCCC1)N1CCC2(CCOC2)C1. The summed E-state index contributed by atoms with van der Waals surface area (Å²) < 4.78 is 5.64.